The van der Waals surface area contributed by atoms with Gasteiger partial charge in [0.2, 0.25) is 0 Å². The Morgan fingerprint density at radius 2 is 2.19 bits per heavy atom. The highest BCUT2D eigenvalue weighted by Crippen LogP contribution is 2.35. The second-order valence-corrected chi connectivity index (χ2v) is 5.96. The molecule has 0 radical (unpaired) electrons. The van der Waals surface area contributed by atoms with E-state index in [-0.39, 0.29) is 0 Å². The predicted molar refractivity (Wildman–Crippen MR) is 74.3 cm³/mol. The average molecular weight is 281 g/mol. The van der Waals surface area contributed by atoms with Crippen LogP contribution in [0.2, 0.25) is 0 Å². The molecule has 0 bridgehead atoms. The summed E-state index contributed by atoms with van der Waals surface area (Å²) in [5.74, 6) is 0. The van der Waals surface area contributed by atoms with Crippen LogP contribution in [0.5, 0.6) is 0 Å². The van der Waals surface area contributed by atoms with Crippen molar-refractivity contribution in [1.29, 1.82) is 0 Å². The second kappa shape index (κ2) is 5.86. The minimum atomic E-state index is 0.589. The summed E-state index contributed by atoms with van der Waals surface area (Å²) in [6, 6.07) is 7.13. The Kier molecular flexibility index (Phi) is 4.45. The zero-order valence-corrected chi connectivity index (χ0v) is 11.7. The first kappa shape index (κ1) is 12.2. The third-order valence-corrected chi connectivity index (χ3v) is 4.47. The van der Waals surface area contributed by atoms with Crippen LogP contribution in [0.15, 0.2) is 18.2 Å². The van der Waals surface area contributed by atoms with Crippen molar-refractivity contribution in [3.05, 3.63) is 34.9 Å². The van der Waals surface area contributed by atoms with Gasteiger partial charge in [0, 0.05) is 4.83 Å². The number of aryl methyl sites for hydroxylation is 2. The number of fused-ring (bicyclic) bond motifs is 1. The summed E-state index contributed by atoms with van der Waals surface area (Å²) < 4.78 is 0. The van der Waals surface area contributed by atoms with Gasteiger partial charge in [0.05, 0.1) is 0 Å². The fourth-order valence-electron chi connectivity index (χ4n) is 2.49. The number of halogens is 1. The predicted octanol–water partition coefficient (Wildman–Crippen LogP) is 5.19. The molecule has 0 aromatic heterocycles. The summed E-state index contributed by atoms with van der Waals surface area (Å²) in [4.78, 5) is 0.589. The van der Waals surface area contributed by atoms with Crippen LogP contribution in [0.25, 0.3) is 0 Å². The van der Waals surface area contributed by atoms with Crippen molar-refractivity contribution in [3.8, 4) is 0 Å². The van der Waals surface area contributed by atoms with Gasteiger partial charge in [0.15, 0.2) is 0 Å². The molecule has 0 heterocycles. The smallest absolute Gasteiger partial charge is 0.0398 e. The maximum absolute atomic E-state index is 3.84. The summed E-state index contributed by atoms with van der Waals surface area (Å²) in [6.07, 6.45) is 9.11. The molecule has 0 aliphatic heterocycles. The molecule has 2 rings (SSSR count). The van der Waals surface area contributed by atoms with Crippen LogP contribution in [0.1, 0.15) is 60.5 Å². The highest BCUT2D eigenvalue weighted by Gasteiger charge is 2.16. The van der Waals surface area contributed by atoms with Gasteiger partial charge < -0.3 is 0 Å². The maximum Gasteiger partial charge on any atom is 0.0398 e. The van der Waals surface area contributed by atoms with E-state index in [1.165, 1.54) is 50.5 Å². The Labute approximate surface area is 108 Å². The van der Waals surface area contributed by atoms with Crippen LogP contribution in [-0.2, 0) is 12.8 Å². The first-order valence-electron chi connectivity index (χ1n) is 6.57. The molecule has 0 amide bonds. The van der Waals surface area contributed by atoms with Crippen molar-refractivity contribution in [1.82, 2.24) is 0 Å². The van der Waals surface area contributed by atoms with Gasteiger partial charge in [-0.3, -0.25) is 0 Å². The van der Waals surface area contributed by atoms with Gasteiger partial charge in [0.25, 0.3) is 0 Å². The highest BCUT2D eigenvalue weighted by molar-refractivity contribution is 9.09. The van der Waals surface area contributed by atoms with E-state index in [1.54, 1.807) is 11.1 Å². The lowest BCUT2D eigenvalue weighted by Crippen LogP contribution is -1.96. The number of benzene rings is 1. The molecule has 1 unspecified atom stereocenters. The molecule has 16 heavy (non-hydrogen) atoms. The molecule has 1 atom stereocenters. The number of hydrogen-bond acceptors (Lipinski definition) is 0. The fourth-order valence-corrected chi connectivity index (χ4v) is 3.24. The minimum absolute atomic E-state index is 0.589. The second-order valence-electron chi connectivity index (χ2n) is 4.85. The number of hydrogen-bond donors (Lipinski definition) is 0. The zero-order valence-electron chi connectivity index (χ0n) is 10.1. The number of rotatable bonds is 3. The molecular formula is C15H21Br. The summed E-state index contributed by atoms with van der Waals surface area (Å²) >= 11 is 3.84. The van der Waals surface area contributed by atoms with Gasteiger partial charge in [-0.05, 0) is 48.8 Å². The summed E-state index contributed by atoms with van der Waals surface area (Å²) in [6.45, 7) is 2.26. The SMILES string of the molecule is CCCCc1ccc2c(c1)C(Br)CCCC2. The van der Waals surface area contributed by atoms with Gasteiger partial charge in [-0.1, -0.05) is 53.9 Å². The van der Waals surface area contributed by atoms with Crippen LogP contribution in [0, 0.1) is 0 Å². The third-order valence-electron chi connectivity index (χ3n) is 3.52. The van der Waals surface area contributed by atoms with Gasteiger partial charge in [-0.25, -0.2) is 0 Å². The van der Waals surface area contributed by atoms with Crippen molar-refractivity contribution >= 4 is 15.9 Å². The molecular weight excluding hydrogens is 260 g/mol. The topological polar surface area (TPSA) is 0 Å². The van der Waals surface area contributed by atoms with Gasteiger partial charge in [-0.15, -0.1) is 0 Å². The monoisotopic (exact) mass is 280 g/mol. The van der Waals surface area contributed by atoms with E-state index in [0.717, 1.165) is 0 Å². The molecule has 0 fully saturated rings. The van der Waals surface area contributed by atoms with Gasteiger partial charge in [0.1, 0.15) is 0 Å². The lowest BCUT2D eigenvalue weighted by Gasteiger charge is -2.13. The van der Waals surface area contributed by atoms with E-state index in [4.69, 9.17) is 0 Å². The van der Waals surface area contributed by atoms with Crippen LogP contribution >= 0.6 is 15.9 Å². The van der Waals surface area contributed by atoms with Crippen LogP contribution < -0.4 is 0 Å². The van der Waals surface area contributed by atoms with Gasteiger partial charge in [-0.2, -0.15) is 0 Å². The Hall–Kier alpha value is -0.300. The molecule has 0 N–H and O–H groups in total. The Morgan fingerprint density at radius 3 is 3.00 bits per heavy atom. The van der Waals surface area contributed by atoms with Crippen molar-refractivity contribution in [2.75, 3.05) is 0 Å². The summed E-state index contributed by atoms with van der Waals surface area (Å²) in [7, 11) is 0. The van der Waals surface area contributed by atoms with Crippen LogP contribution in [-0.4, -0.2) is 0 Å². The Bertz CT molecular complexity index is 343. The molecule has 1 aliphatic rings. The van der Waals surface area contributed by atoms with Gasteiger partial charge >= 0.3 is 0 Å². The molecule has 1 aliphatic carbocycles. The minimum Gasteiger partial charge on any atom is -0.0839 e. The van der Waals surface area contributed by atoms with Crippen molar-refractivity contribution in [2.24, 2.45) is 0 Å². The fraction of sp³-hybridized carbons (Fsp3) is 0.600. The van der Waals surface area contributed by atoms with E-state index in [0.29, 0.717) is 4.83 Å². The molecule has 0 nitrogen and oxygen atoms in total. The van der Waals surface area contributed by atoms with Crippen LogP contribution in [0.3, 0.4) is 0 Å². The van der Waals surface area contributed by atoms with E-state index in [2.05, 4.69) is 41.1 Å². The molecule has 0 saturated heterocycles. The standard InChI is InChI=1S/C15H21Br/c1-2-3-6-12-9-10-13-7-4-5-8-15(16)14(13)11-12/h9-11,15H,2-8H2,1H3. The molecule has 1 heteroatoms. The Morgan fingerprint density at radius 1 is 1.31 bits per heavy atom. The normalized spacial score (nSPS) is 20.2. The molecule has 0 spiro atoms. The first-order chi connectivity index (χ1) is 7.81. The van der Waals surface area contributed by atoms with Crippen LogP contribution in [0.4, 0.5) is 0 Å². The highest BCUT2D eigenvalue weighted by atomic mass is 79.9. The molecule has 88 valence electrons. The van der Waals surface area contributed by atoms with E-state index >= 15 is 0 Å². The van der Waals surface area contributed by atoms with Crippen molar-refractivity contribution in [3.63, 3.8) is 0 Å². The van der Waals surface area contributed by atoms with Crippen molar-refractivity contribution in [2.45, 2.75) is 56.7 Å². The maximum atomic E-state index is 3.84. The summed E-state index contributed by atoms with van der Waals surface area (Å²) in [5.41, 5.74) is 4.65. The first-order valence-corrected chi connectivity index (χ1v) is 7.48. The quantitative estimate of drug-likeness (QED) is 0.528. The largest absolute Gasteiger partial charge is 0.0839 e. The number of unbranched alkanes of at least 4 members (excludes halogenated alkanes) is 1. The zero-order chi connectivity index (χ0) is 11.4. The molecule has 1 aromatic carbocycles. The molecule has 0 saturated carbocycles. The molecule has 1 aromatic rings. The summed E-state index contributed by atoms with van der Waals surface area (Å²) in [5, 5.41) is 0. The lowest BCUT2D eigenvalue weighted by atomic mass is 9.98. The average Bonchev–Trinajstić information content (AvgIpc) is 2.49. The number of alkyl halides is 1. The van der Waals surface area contributed by atoms with E-state index < -0.39 is 0 Å². The Balaban J connectivity index is 2.21. The van der Waals surface area contributed by atoms with E-state index in [1.807, 2.05) is 0 Å². The van der Waals surface area contributed by atoms with Crippen molar-refractivity contribution < 1.29 is 0 Å². The lowest BCUT2D eigenvalue weighted by molar-refractivity contribution is 0.708. The van der Waals surface area contributed by atoms with E-state index in [9.17, 15) is 0 Å². The third kappa shape index (κ3) is 2.88.